The summed E-state index contributed by atoms with van der Waals surface area (Å²) in [6, 6.07) is -0.214. The highest BCUT2D eigenvalue weighted by Crippen LogP contribution is 2.80. The standard InChI is InChI=1S/C31H49NO10/c1-9-32-11-10-28(14-37-5)15(2)12-19(38-6)30-18-13-29(35)25(41-16(3)33)20(18)31(36,27(26(29)40-8)42-17(4)34)21(24(30)32)22(39-7)23(28)30/h15,18-27,35-36H,9-14H2,1-8H3/t15-,18-,19+,20-,21?,22+,23-,24-,25-,26?,27+,28+,29-,30+,31-/m1/s1. The molecule has 1 spiro atoms. The Morgan fingerprint density at radius 1 is 0.929 bits per heavy atom. The molecule has 2 N–H and O–H groups in total. The lowest BCUT2D eigenvalue weighted by atomic mass is 9.43. The van der Waals surface area contributed by atoms with Gasteiger partial charge in [0.05, 0.1) is 18.8 Å². The van der Waals surface area contributed by atoms with Crippen molar-refractivity contribution >= 4 is 11.9 Å². The molecule has 0 radical (unpaired) electrons. The van der Waals surface area contributed by atoms with E-state index in [-0.39, 0.29) is 41.7 Å². The van der Waals surface area contributed by atoms with Crippen LogP contribution >= 0.6 is 0 Å². The summed E-state index contributed by atoms with van der Waals surface area (Å²) in [5.74, 6) is -2.68. The fraction of sp³-hybridized carbons (Fsp3) is 0.935. The number of esters is 2. The first kappa shape index (κ1) is 30.7. The summed E-state index contributed by atoms with van der Waals surface area (Å²) >= 11 is 0. The van der Waals surface area contributed by atoms with E-state index in [9.17, 15) is 19.8 Å². The van der Waals surface area contributed by atoms with Crippen molar-refractivity contribution < 1.29 is 48.2 Å². The maximum absolute atomic E-state index is 13.5. The molecule has 5 aliphatic carbocycles. The summed E-state index contributed by atoms with van der Waals surface area (Å²) in [5, 5.41) is 26.1. The van der Waals surface area contributed by atoms with Gasteiger partial charge in [0.1, 0.15) is 23.4 Å². The molecule has 11 nitrogen and oxygen atoms in total. The number of likely N-dealkylation sites (tertiary alicyclic amines) is 1. The van der Waals surface area contributed by atoms with E-state index < -0.39 is 64.8 Å². The maximum Gasteiger partial charge on any atom is 0.303 e. The van der Waals surface area contributed by atoms with Gasteiger partial charge in [-0.05, 0) is 44.2 Å². The Hall–Kier alpha value is -1.34. The van der Waals surface area contributed by atoms with Crippen LogP contribution in [0.3, 0.4) is 0 Å². The average Bonchev–Trinajstić information content (AvgIpc) is 3.32. The fourth-order valence-corrected chi connectivity index (χ4v) is 12.2. The number of methoxy groups -OCH3 is 4. The highest BCUT2D eigenvalue weighted by atomic mass is 16.6. The molecule has 2 unspecified atom stereocenters. The van der Waals surface area contributed by atoms with Gasteiger partial charge in [0.2, 0.25) is 0 Å². The van der Waals surface area contributed by atoms with Crippen LogP contribution in [-0.4, -0.2) is 123 Å². The molecular formula is C31H49NO10. The Morgan fingerprint density at radius 3 is 2.14 bits per heavy atom. The molecule has 11 heteroatoms. The number of hydrogen-bond donors (Lipinski definition) is 2. The molecule has 1 aliphatic heterocycles. The van der Waals surface area contributed by atoms with E-state index in [1.54, 1.807) is 21.3 Å². The van der Waals surface area contributed by atoms with E-state index in [0.717, 1.165) is 25.9 Å². The summed E-state index contributed by atoms with van der Waals surface area (Å²) in [6.45, 7) is 9.08. The van der Waals surface area contributed by atoms with Crippen molar-refractivity contribution in [2.75, 3.05) is 48.1 Å². The largest absolute Gasteiger partial charge is 0.459 e. The third-order valence-corrected chi connectivity index (χ3v) is 13.0. The van der Waals surface area contributed by atoms with Gasteiger partial charge in [-0.25, -0.2) is 0 Å². The van der Waals surface area contributed by atoms with Crippen LogP contribution in [0.1, 0.15) is 47.0 Å². The molecule has 0 aromatic carbocycles. The number of hydrogen-bond acceptors (Lipinski definition) is 11. The Kier molecular flexibility index (Phi) is 7.37. The van der Waals surface area contributed by atoms with Crippen molar-refractivity contribution in [1.82, 2.24) is 4.90 Å². The van der Waals surface area contributed by atoms with Crippen LogP contribution in [0.25, 0.3) is 0 Å². The normalized spacial score (nSPS) is 53.9. The van der Waals surface area contributed by atoms with E-state index in [0.29, 0.717) is 6.61 Å². The number of nitrogens with zero attached hydrogens (tertiary/aromatic N) is 1. The predicted octanol–water partition coefficient (Wildman–Crippen LogP) is 1.02. The molecule has 1 heterocycles. The van der Waals surface area contributed by atoms with Gasteiger partial charge >= 0.3 is 11.9 Å². The zero-order chi connectivity index (χ0) is 30.6. The highest BCUT2D eigenvalue weighted by Gasteiger charge is 2.90. The molecule has 5 saturated carbocycles. The minimum Gasteiger partial charge on any atom is -0.459 e. The van der Waals surface area contributed by atoms with Gasteiger partial charge in [0.15, 0.2) is 6.10 Å². The molecule has 6 fully saturated rings. The quantitative estimate of drug-likeness (QED) is 0.390. The van der Waals surface area contributed by atoms with Crippen molar-refractivity contribution in [3.8, 4) is 0 Å². The van der Waals surface area contributed by atoms with Crippen LogP contribution in [0.5, 0.6) is 0 Å². The molecular weight excluding hydrogens is 546 g/mol. The second-order valence-electron chi connectivity index (χ2n) is 14.0. The van der Waals surface area contributed by atoms with Gasteiger partial charge < -0.3 is 38.6 Å². The van der Waals surface area contributed by atoms with E-state index in [2.05, 4.69) is 18.7 Å². The number of rotatable bonds is 8. The Morgan fingerprint density at radius 2 is 1.60 bits per heavy atom. The van der Waals surface area contributed by atoms with E-state index >= 15 is 0 Å². The van der Waals surface area contributed by atoms with Crippen molar-refractivity contribution in [3.05, 3.63) is 0 Å². The van der Waals surface area contributed by atoms with Crippen molar-refractivity contribution in [1.29, 1.82) is 0 Å². The number of fused-ring (bicyclic) bond motifs is 2. The van der Waals surface area contributed by atoms with E-state index in [4.69, 9.17) is 28.4 Å². The third kappa shape index (κ3) is 3.36. The number of ether oxygens (including phenoxy) is 6. The van der Waals surface area contributed by atoms with Crippen LogP contribution in [0.15, 0.2) is 0 Å². The average molecular weight is 596 g/mol. The molecule has 0 aromatic rings. The molecule has 0 amide bonds. The molecule has 238 valence electrons. The first-order valence-electron chi connectivity index (χ1n) is 15.5. The lowest BCUT2D eigenvalue weighted by Gasteiger charge is -2.65. The second kappa shape index (κ2) is 10.1. The summed E-state index contributed by atoms with van der Waals surface area (Å²) in [5.41, 5.74) is -4.32. The first-order chi connectivity index (χ1) is 19.9. The van der Waals surface area contributed by atoms with Gasteiger partial charge in [0.25, 0.3) is 0 Å². The first-order valence-corrected chi connectivity index (χ1v) is 15.5. The van der Waals surface area contributed by atoms with Crippen LogP contribution in [0.2, 0.25) is 0 Å². The highest BCUT2D eigenvalue weighted by molar-refractivity contribution is 5.67. The van der Waals surface area contributed by atoms with E-state index in [1.165, 1.54) is 21.0 Å². The predicted molar refractivity (Wildman–Crippen MR) is 148 cm³/mol. The SMILES string of the molecule is CCN1CC[C@]2(COC)[C@H](C)C[C@H](OC)[C@@]34[C@@H]5C[C@]6(O)C(OC)[C@H](OC(C)=O)[C@](O)(C([C@H](OC)[C@H]23)[C@@H]14)[C@H]5[C@H]6OC(C)=O. The molecule has 42 heavy (non-hydrogen) atoms. The van der Waals surface area contributed by atoms with Crippen molar-refractivity contribution in [2.45, 2.75) is 94.7 Å². The molecule has 6 rings (SSSR count). The Balaban J connectivity index is 1.71. The Labute approximate surface area is 248 Å². The van der Waals surface area contributed by atoms with Gasteiger partial charge in [-0.2, -0.15) is 0 Å². The number of carbonyl (C=O) groups is 2. The summed E-state index contributed by atoms with van der Waals surface area (Å²) < 4.78 is 36.9. The summed E-state index contributed by atoms with van der Waals surface area (Å²) in [7, 11) is 6.63. The molecule has 1 saturated heterocycles. The van der Waals surface area contributed by atoms with Crippen LogP contribution in [0, 0.1) is 40.4 Å². The van der Waals surface area contributed by atoms with Crippen LogP contribution in [-0.2, 0) is 38.0 Å². The maximum atomic E-state index is 13.5. The zero-order valence-corrected chi connectivity index (χ0v) is 26.2. The lowest BCUT2D eigenvalue weighted by molar-refractivity contribution is -0.312. The zero-order valence-electron chi connectivity index (χ0n) is 26.2. The third-order valence-electron chi connectivity index (χ3n) is 13.0. The fourth-order valence-electron chi connectivity index (χ4n) is 12.2. The van der Waals surface area contributed by atoms with Gasteiger partial charge in [-0.3, -0.25) is 14.5 Å². The van der Waals surface area contributed by atoms with Gasteiger partial charge in [-0.15, -0.1) is 0 Å². The second-order valence-corrected chi connectivity index (χ2v) is 14.0. The van der Waals surface area contributed by atoms with Crippen LogP contribution in [0.4, 0.5) is 0 Å². The monoisotopic (exact) mass is 595 g/mol. The molecule has 7 bridgehead atoms. The molecule has 0 aromatic heterocycles. The van der Waals surface area contributed by atoms with Gasteiger partial charge in [0, 0.05) is 76.9 Å². The summed E-state index contributed by atoms with van der Waals surface area (Å²) in [6.07, 6.45) is -2.20. The topological polar surface area (TPSA) is 133 Å². The van der Waals surface area contributed by atoms with Crippen LogP contribution < -0.4 is 0 Å². The smallest absolute Gasteiger partial charge is 0.303 e. The van der Waals surface area contributed by atoms with E-state index in [1.807, 2.05) is 0 Å². The minimum absolute atomic E-state index is 0.103. The Bertz CT molecular complexity index is 1110. The van der Waals surface area contributed by atoms with Gasteiger partial charge in [-0.1, -0.05) is 13.8 Å². The minimum atomic E-state index is -1.74. The molecule has 6 aliphatic rings. The summed E-state index contributed by atoms with van der Waals surface area (Å²) in [4.78, 5) is 27.7. The number of aliphatic hydroxyl groups is 2. The van der Waals surface area contributed by atoms with Crippen molar-refractivity contribution in [2.24, 2.45) is 40.4 Å². The number of carbonyl (C=O) groups excluding carboxylic acids is 2. The van der Waals surface area contributed by atoms with Crippen molar-refractivity contribution in [3.63, 3.8) is 0 Å². The molecule has 15 atom stereocenters. The lowest BCUT2D eigenvalue weighted by Crippen LogP contribution is -2.79.